The fraction of sp³-hybridized carbons (Fsp3) is 0.462. The van der Waals surface area contributed by atoms with E-state index in [1.807, 2.05) is 20.8 Å². The van der Waals surface area contributed by atoms with Gasteiger partial charge in [-0.15, -0.1) is 0 Å². The van der Waals surface area contributed by atoms with Gasteiger partial charge in [0.25, 0.3) is 5.91 Å². The average Bonchev–Trinajstić information content (AvgIpc) is 2.12. The molecule has 100 valence electrons. The molecule has 0 spiro atoms. The summed E-state index contributed by atoms with van der Waals surface area (Å²) in [7, 11) is 0. The Morgan fingerprint density at radius 3 is 2.22 bits per heavy atom. The largest absolute Gasteiger partial charge is 0.349 e. The average molecular weight is 320 g/mol. The standard InChI is InChI=1S/C13H16BrF2NO/c1-7(2)4-8(3)17-13(18)12-10(15)5-9(14)6-11(12)16/h5-8H,4H2,1-3H3,(H,17,18). The van der Waals surface area contributed by atoms with Crippen molar-refractivity contribution in [1.29, 1.82) is 0 Å². The molecule has 0 fully saturated rings. The monoisotopic (exact) mass is 319 g/mol. The number of hydrogen-bond donors (Lipinski definition) is 1. The maximum atomic E-state index is 13.5. The van der Waals surface area contributed by atoms with Gasteiger partial charge in [-0.1, -0.05) is 29.8 Å². The minimum atomic E-state index is -0.865. The van der Waals surface area contributed by atoms with Crippen LogP contribution in [0.2, 0.25) is 0 Å². The molecular weight excluding hydrogens is 304 g/mol. The summed E-state index contributed by atoms with van der Waals surface area (Å²) in [6, 6.07) is 2.02. The molecule has 1 rings (SSSR count). The summed E-state index contributed by atoms with van der Waals surface area (Å²) < 4.78 is 27.4. The number of benzene rings is 1. The Hall–Kier alpha value is -0.970. The van der Waals surface area contributed by atoms with E-state index in [1.54, 1.807) is 0 Å². The smallest absolute Gasteiger partial charge is 0.257 e. The van der Waals surface area contributed by atoms with Crippen LogP contribution in [0.1, 0.15) is 37.6 Å². The summed E-state index contributed by atoms with van der Waals surface area (Å²) in [5.74, 6) is -2.04. The highest BCUT2D eigenvalue weighted by atomic mass is 79.9. The van der Waals surface area contributed by atoms with Crippen molar-refractivity contribution >= 4 is 21.8 Å². The van der Waals surface area contributed by atoms with Gasteiger partial charge in [0.05, 0.1) is 0 Å². The van der Waals surface area contributed by atoms with E-state index in [1.165, 1.54) is 0 Å². The maximum Gasteiger partial charge on any atom is 0.257 e. The molecule has 0 saturated carbocycles. The van der Waals surface area contributed by atoms with Crippen molar-refractivity contribution in [3.05, 3.63) is 33.8 Å². The van der Waals surface area contributed by atoms with E-state index < -0.39 is 23.1 Å². The van der Waals surface area contributed by atoms with Crippen molar-refractivity contribution < 1.29 is 13.6 Å². The van der Waals surface area contributed by atoms with E-state index in [0.717, 1.165) is 18.6 Å². The summed E-state index contributed by atoms with van der Waals surface area (Å²) in [5, 5.41) is 2.59. The SMILES string of the molecule is CC(C)CC(C)NC(=O)c1c(F)cc(Br)cc1F. The van der Waals surface area contributed by atoms with Gasteiger partial charge < -0.3 is 5.32 Å². The molecule has 0 aliphatic rings. The molecule has 0 aliphatic heterocycles. The third-order valence-electron chi connectivity index (χ3n) is 2.44. The Bertz CT molecular complexity index is 426. The highest BCUT2D eigenvalue weighted by Gasteiger charge is 2.20. The number of halogens is 3. The Kier molecular flexibility index (Phi) is 5.26. The van der Waals surface area contributed by atoms with Crippen LogP contribution < -0.4 is 5.32 Å². The molecule has 0 aliphatic carbocycles. The quantitative estimate of drug-likeness (QED) is 0.896. The molecule has 0 saturated heterocycles. The van der Waals surface area contributed by atoms with Gasteiger partial charge in [-0.05, 0) is 31.4 Å². The number of rotatable bonds is 4. The van der Waals surface area contributed by atoms with Crippen LogP contribution in [-0.4, -0.2) is 11.9 Å². The minimum absolute atomic E-state index is 0.125. The molecule has 0 radical (unpaired) electrons. The summed E-state index contributed by atoms with van der Waals surface area (Å²) in [6.45, 7) is 5.85. The third kappa shape index (κ3) is 4.05. The Morgan fingerprint density at radius 2 is 1.78 bits per heavy atom. The van der Waals surface area contributed by atoms with Gasteiger partial charge in [-0.25, -0.2) is 8.78 Å². The highest BCUT2D eigenvalue weighted by molar-refractivity contribution is 9.10. The third-order valence-corrected chi connectivity index (χ3v) is 2.89. The lowest BCUT2D eigenvalue weighted by Crippen LogP contribution is -2.34. The van der Waals surface area contributed by atoms with E-state index in [2.05, 4.69) is 21.2 Å². The van der Waals surface area contributed by atoms with Crippen LogP contribution in [0.5, 0.6) is 0 Å². The summed E-state index contributed by atoms with van der Waals surface area (Å²) in [5.41, 5.74) is -0.534. The fourth-order valence-electron chi connectivity index (χ4n) is 1.82. The second-order valence-electron chi connectivity index (χ2n) is 4.75. The molecule has 1 aromatic carbocycles. The van der Waals surface area contributed by atoms with Crippen molar-refractivity contribution in [1.82, 2.24) is 5.32 Å². The summed E-state index contributed by atoms with van der Waals surface area (Å²) in [6.07, 6.45) is 0.755. The van der Waals surface area contributed by atoms with E-state index in [9.17, 15) is 13.6 Å². The summed E-state index contributed by atoms with van der Waals surface area (Å²) in [4.78, 5) is 11.8. The second kappa shape index (κ2) is 6.27. The van der Waals surface area contributed by atoms with E-state index in [0.29, 0.717) is 5.92 Å². The molecule has 2 nitrogen and oxygen atoms in total. The minimum Gasteiger partial charge on any atom is -0.349 e. The Balaban J connectivity index is 2.85. The lowest BCUT2D eigenvalue weighted by molar-refractivity contribution is 0.0927. The highest BCUT2D eigenvalue weighted by Crippen LogP contribution is 2.19. The van der Waals surface area contributed by atoms with E-state index in [4.69, 9.17) is 0 Å². The number of nitrogens with one attached hydrogen (secondary N) is 1. The topological polar surface area (TPSA) is 29.1 Å². The molecule has 18 heavy (non-hydrogen) atoms. The van der Waals surface area contributed by atoms with Crippen molar-refractivity contribution in [2.75, 3.05) is 0 Å². The van der Waals surface area contributed by atoms with Crippen LogP contribution in [-0.2, 0) is 0 Å². The zero-order valence-corrected chi connectivity index (χ0v) is 12.1. The lowest BCUT2D eigenvalue weighted by atomic mass is 10.0. The normalized spacial score (nSPS) is 12.6. The van der Waals surface area contributed by atoms with Crippen molar-refractivity contribution in [2.45, 2.75) is 33.2 Å². The van der Waals surface area contributed by atoms with Gasteiger partial charge in [0, 0.05) is 10.5 Å². The van der Waals surface area contributed by atoms with Crippen molar-refractivity contribution in [2.24, 2.45) is 5.92 Å². The van der Waals surface area contributed by atoms with Crippen LogP contribution in [0.15, 0.2) is 16.6 Å². The first-order chi connectivity index (χ1) is 8.31. The van der Waals surface area contributed by atoms with Gasteiger partial charge in [-0.2, -0.15) is 0 Å². The summed E-state index contributed by atoms with van der Waals surface area (Å²) >= 11 is 2.97. The van der Waals surface area contributed by atoms with Crippen LogP contribution in [0.25, 0.3) is 0 Å². The Labute approximate surface area is 114 Å². The molecule has 1 amide bonds. The fourth-order valence-corrected chi connectivity index (χ4v) is 2.22. The van der Waals surface area contributed by atoms with Gasteiger partial charge in [0.2, 0.25) is 0 Å². The molecule has 1 unspecified atom stereocenters. The number of amides is 1. The number of carbonyl (C=O) groups is 1. The van der Waals surface area contributed by atoms with Gasteiger partial charge in [0.15, 0.2) is 0 Å². The van der Waals surface area contributed by atoms with E-state index >= 15 is 0 Å². The second-order valence-corrected chi connectivity index (χ2v) is 5.66. The molecule has 1 atom stereocenters. The maximum absolute atomic E-state index is 13.5. The van der Waals surface area contributed by atoms with Gasteiger partial charge >= 0.3 is 0 Å². The lowest BCUT2D eigenvalue weighted by Gasteiger charge is -2.16. The van der Waals surface area contributed by atoms with E-state index in [-0.39, 0.29) is 10.5 Å². The predicted octanol–water partition coefficient (Wildman–Crippen LogP) is 3.89. The molecular formula is C13H16BrF2NO. The number of carbonyl (C=O) groups excluding carboxylic acids is 1. The molecule has 5 heteroatoms. The van der Waals surface area contributed by atoms with Crippen LogP contribution in [0.4, 0.5) is 8.78 Å². The van der Waals surface area contributed by atoms with Crippen LogP contribution in [0.3, 0.4) is 0 Å². The van der Waals surface area contributed by atoms with Gasteiger partial charge in [-0.3, -0.25) is 4.79 Å². The zero-order chi connectivity index (χ0) is 13.9. The molecule has 0 aromatic heterocycles. The van der Waals surface area contributed by atoms with Crippen molar-refractivity contribution in [3.63, 3.8) is 0 Å². The van der Waals surface area contributed by atoms with Gasteiger partial charge in [0.1, 0.15) is 17.2 Å². The molecule has 0 bridgehead atoms. The molecule has 0 heterocycles. The zero-order valence-electron chi connectivity index (χ0n) is 10.6. The van der Waals surface area contributed by atoms with Crippen LogP contribution >= 0.6 is 15.9 Å². The van der Waals surface area contributed by atoms with Crippen LogP contribution in [0, 0.1) is 17.6 Å². The molecule has 1 N–H and O–H groups in total. The first-order valence-electron chi connectivity index (χ1n) is 5.76. The Morgan fingerprint density at radius 1 is 1.28 bits per heavy atom. The predicted molar refractivity (Wildman–Crippen MR) is 70.4 cm³/mol. The first kappa shape index (κ1) is 15.1. The van der Waals surface area contributed by atoms with Crippen molar-refractivity contribution in [3.8, 4) is 0 Å². The number of hydrogen-bond acceptors (Lipinski definition) is 1. The first-order valence-corrected chi connectivity index (χ1v) is 6.56. The molecule has 1 aromatic rings.